The maximum atomic E-state index is 11.6. The van der Waals surface area contributed by atoms with Crippen LogP contribution >= 0.6 is 0 Å². The molecule has 0 spiro atoms. The quantitative estimate of drug-likeness (QED) is 0.843. The number of carbonyl (C=O) groups is 2. The lowest BCUT2D eigenvalue weighted by Crippen LogP contribution is -2.51. The number of aromatic carboxylic acids is 1. The minimum atomic E-state index is -0.946. The van der Waals surface area contributed by atoms with E-state index < -0.39 is 5.97 Å². The number of amides is 1. The standard InChI is InChI=1S/C13H15N3O3/c17-12-2-1-10-8-15(5-6-16(10)12)11-7-9(13(18)19)3-4-14-11/h3-4,7,10H,1-2,5-6,8H2,(H,18,19). The minimum Gasteiger partial charge on any atom is -0.478 e. The fourth-order valence-electron chi connectivity index (χ4n) is 2.80. The summed E-state index contributed by atoms with van der Waals surface area (Å²) in [6, 6.07) is 3.33. The van der Waals surface area contributed by atoms with Gasteiger partial charge in [-0.2, -0.15) is 0 Å². The first-order chi connectivity index (χ1) is 9.15. The summed E-state index contributed by atoms with van der Waals surface area (Å²) in [5.74, 6) is -0.0332. The number of carboxylic acids is 1. The first kappa shape index (κ1) is 12.0. The molecule has 1 amide bonds. The average Bonchev–Trinajstić information content (AvgIpc) is 2.80. The normalized spacial score (nSPS) is 22.5. The van der Waals surface area contributed by atoms with E-state index in [9.17, 15) is 9.59 Å². The Kier molecular flexibility index (Phi) is 2.85. The van der Waals surface area contributed by atoms with Gasteiger partial charge in [0, 0.05) is 38.3 Å². The number of anilines is 1. The molecule has 2 aliphatic rings. The van der Waals surface area contributed by atoms with E-state index in [1.165, 1.54) is 12.3 Å². The lowest BCUT2D eigenvalue weighted by atomic mass is 10.1. The van der Waals surface area contributed by atoms with E-state index in [-0.39, 0.29) is 17.5 Å². The molecule has 6 heteroatoms. The zero-order chi connectivity index (χ0) is 13.4. The molecule has 0 saturated carbocycles. The van der Waals surface area contributed by atoms with Crippen LogP contribution in [0.15, 0.2) is 18.3 Å². The predicted octanol–water partition coefficient (Wildman–Crippen LogP) is 0.591. The summed E-state index contributed by atoms with van der Waals surface area (Å²) in [5, 5.41) is 8.99. The topological polar surface area (TPSA) is 73.7 Å². The van der Waals surface area contributed by atoms with Crippen molar-refractivity contribution in [3.05, 3.63) is 23.9 Å². The fourth-order valence-corrected chi connectivity index (χ4v) is 2.80. The van der Waals surface area contributed by atoms with Crippen LogP contribution in [0.5, 0.6) is 0 Å². The molecule has 3 rings (SSSR count). The smallest absolute Gasteiger partial charge is 0.335 e. The molecule has 0 aromatic carbocycles. The Bertz CT molecular complexity index is 532. The van der Waals surface area contributed by atoms with E-state index in [0.717, 1.165) is 13.0 Å². The van der Waals surface area contributed by atoms with Gasteiger partial charge in [-0.05, 0) is 18.6 Å². The molecule has 2 aliphatic heterocycles. The molecule has 19 heavy (non-hydrogen) atoms. The van der Waals surface area contributed by atoms with Gasteiger partial charge in [0.05, 0.1) is 5.56 Å². The number of rotatable bonds is 2. The van der Waals surface area contributed by atoms with Crippen molar-refractivity contribution in [3.8, 4) is 0 Å². The molecule has 1 N–H and O–H groups in total. The van der Waals surface area contributed by atoms with E-state index in [1.807, 2.05) is 4.90 Å². The Morgan fingerprint density at radius 2 is 2.26 bits per heavy atom. The molecule has 2 fully saturated rings. The highest BCUT2D eigenvalue weighted by atomic mass is 16.4. The van der Waals surface area contributed by atoms with Gasteiger partial charge in [0.15, 0.2) is 0 Å². The zero-order valence-corrected chi connectivity index (χ0v) is 10.5. The Morgan fingerprint density at radius 1 is 1.42 bits per heavy atom. The summed E-state index contributed by atoms with van der Waals surface area (Å²) in [6.45, 7) is 2.14. The first-order valence-electron chi connectivity index (χ1n) is 6.39. The maximum Gasteiger partial charge on any atom is 0.335 e. The Hall–Kier alpha value is -2.11. The second-order valence-electron chi connectivity index (χ2n) is 4.93. The van der Waals surface area contributed by atoms with Gasteiger partial charge in [-0.1, -0.05) is 0 Å². The molecule has 0 aliphatic carbocycles. The second-order valence-corrected chi connectivity index (χ2v) is 4.93. The predicted molar refractivity (Wildman–Crippen MR) is 68.1 cm³/mol. The summed E-state index contributed by atoms with van der Waals surface area (Å²) in [7, 11) is 0. The highest BCUT2D eigenvalue weighted by Gasteiger charge is 2.35. The molecular formula is C13H15N3O3. The number of hydrogen-bond donors (Lipinski definition) is 1. The summed E-state index contributed by atoms with van der Waals surface area (Å²) in [5.41, 5.74) is 0.245. The Balaban J connectivity index is 1.78. The molecule has 0 radical (unpaired) electrons. The van der Waals surface area contributed by atoms with Crippen LogP contribution in [0, 0.1) is 0 Å². The van der Waals surface area contributed by atoms with Gasteiger partial charge in [0.1, 0.15) is 5.82 Å². The molecule has 1 atom stereocenters. The van der Waals surface area contributed by atoms with Crippen LogP contribution in [0.2, 0.25) is 0 Å². The average molecular weight is 261 g/mol. The van der Waals surface area contributed by atoms with E-state index in [0.29, 0.717) is 25.3 Å². The van der Waals surface area contributed by atoms with Crippen molar-refractivity contribution in [2.75, 3.05) is 24.5 Å². The molecule has 1 aromatic rings. The molecule has 1 aromatic heterocycles. The van der Waals surface area contributed by atoms with Crippen molar-refractivity contribution in [2.24, 2.45) is 0 Å². The minimum absolute atomic E-state index is 0.233. The molecular weight excluding hydrogens is 246 g/mol. The van der Waals surface area contributed by atoms with Gasteiger partial charge in [0.2, 0.25) is 5.91 Å². The summed E-state index contributed by atoms with van der Waals surface area (Å²) in [6.07, 6.45) is 3.03. The maximum absolute atomic E-state index is 11.6. The number of hydrogen-bond acceptors (Lipinski definition) is 4. The van der Waals surface area contributed by atoms with Crippen LogP contribution in [0.1, 0.15) is 23.2 Å². The number of carboxylic acid groups (broad SMARTS) is 1. The first-order valence-corrected chi connectivity index (χ1v) is 6.39. The van der Waals surface area contributed by atoms with E-state index in [1.54, 1.807) is 6.07 Å². The second kappa shape index (κ2) is 4.53. The van der Waals surface area contributed by atoms with Gasteiger partial charge >= 0.3 is 5.97 Å². The zero-order valence-electron chi connectivity index (χ0n) is 10.5. The van der Waals surface area contributed by atoms with Crippen molar-refractivity contribution in [1.82, 2.24) is 9.88 Å². The number of pyridine rings is 1. The van der Waals surface area contributed by atoms with Crippen molar-refractivity contribution in [2.45, 2.75) is 18.9 Å². The highest BCUT2D eigenvalue weighted by Crippen LogP contribution is 2.25. The SMILES string of the molecule is O=C(O)c1ccnc(N2CCN3C(=O)CCC3C2)c1. The third-order valence-electron chi connectivity index (χ3n) is 3.81. The van der Waals surface area contributed by atoms with Crippen LogP contribution in [0.4, 0.5) is 5.82 Å². The van der Waals surface area contributed by atoms with Gasteiger partial charge in [-0.25, -0.2) is 9.78 Å². The van der Waals surface area contributed by atoms with Gasteiger partial charge in [-0.3, -0.25) is 4.79 Å². The highest BCUT2D eigenvalue weighted by molar-refractivity contribution is 5.88. The summed E-state index contributed by atoms with van der Waals surface area (Å²) < 4.78 is 0. The Morgan fingerprint density at radius 3 is 3.05 bits per heavy atom. The van der Waals surface area contributed by atoms with Crippen LogP contribution < -0.4 is 4.90 Å². The van der Waals surface area contributed by atoms with E-state index in [4.69, 9.17) is 5.11 Å². The largest absolute Gasteiger partial charge is 0.478 e. The lowest BCUT2D eigenvalue weighted by molar-refractivity contribution is -0.129. The van der Waals surface area contributed by atoms with Crippen molar-refractivity contribution in [1.29, 1.82) is 0 Å². The lowest BCUT2D eigenvalue weighted by Gasteiger charge is -2.38. The van der Waals surface area contributed by atoms with Crippen LogP contribution in [0.25, 0.3) is 0 Å². The number of carbonyl (C=O) groups excluding carboxylic acids is 1. The molecule has 6 nitrogen and oxygen atoms in total. The van der Waals surface area contributed by atoms with Crippen molar-refractivity contribution >= 4 is 17.7 Å². The van der Waals surface area contributed by atoms with E-state index >= 15 is 0 Å². The van der Waals surface area contributed by atoms with Crippen molar-refractivity contribution < 1.29 is 14.7 Å². The van der Waals surface area contributed by atoms with Crippen LogP contribution in [-0.2, 0) is 4.79 Å². The van der Waals surface area contributed by atoms with E-state index in [2.05, 4.69) is 9.88 Å². The van der Waals surface area contributed by atoms with Crippen LogP contribution in [0.3, 0.4) is 0 Å². The fraction of sp³-hybridized carbons (Fsp3) is 0.462. The van der Waals surface area contributed by atoms with Crippen molar-refractivity contribution in [3.63, 3.8) is 0 Å². The van der Waals surface area contributed by atoms with Gasteiger partial charge in [0.25, 0.3) is 0 Å². The number of nitrogens with zero attached hydrogens (tertiary/aromatic N) is 3. The summed E-state index contributed by atoms with van der Waals surface area (Å²) in [4.78, 5) is 30.8. The Labute approximate surface area is 110 Å². The van der Waals surface area contributed by atoms with Gasteiger partial charge < -0.3 is 14.9 Å². The molecule has 1 unspecified atom stereocenters. The summed E-state index contributed by atoms with van der Waals surface area (Å²) >= 11 is 0. The monoisotopic (exact) mass is 261 g/mol. The molecule has 100 valence electrons. The number of fused-ring (bicyclic) bond motifs is 1. The third-order valence-corrected chi connectivity index (χ3v) is 3.81. The number of aromatic nitrogens is 1. The van der Waals surface area contributed by atoms with Crippen LogP contribution in [-0.4, -0.2) is 52.5 Å². The third kappa shape index (κ3) is 2.14. The molecule has 3 heterocycles. The number of piperazine rings is 1. The molecule has 2 saturated heterocycles. The van der Waals surface area contributed by atoms with Gasteiger partial charge in [-0.15, -0.1) is 0 Å². The molecule has 0 bridgehead atoms.